The zero-order chi connectivity index (χ0) is 18.0. The van der Waals surface area contributed by atoms with E-state index in [1.54, 1.807) is 41.3 Å². The molecular weight excluding hydrogens is 340 g/mol. The summed E-state index contributed by atoms with van der Waals surface area (Å²) in [5, 5.41) is 3.36. The van der Waals surface area contributed by atoms with Crippen LogP contribution in [0.1, 0.15) is 30.0 Å². The Hall–Kier alpha value is -2.12. The molecule has 0 saturated carbocycles. The summed E-state index contributed by atoms with van der Waals surface area (Å²) in [5.41, 5.74) is 0.396. The van der Waals surface area contributed by atoms with E-state index in [2.05, 4.69) is 5.32 Å². The lowest BCUT2D eigenvalue weighted by Gasteiger charge is -2.35. The van der Waals surface area contributed by atoms with Crippen LogP contribution < -0.4 is 5.32 Å². The number of piperazine rings is 1. The lowest BCUT2D eigenvalue weighted by Crippen LogP contribution is -2.55. The Morgan fingerprint density at radius 3 is 2.44 bits per heavy atom. The van der Waals surface area contributed by atoms with Gasteiger partial charge < -0.3 is 14.6 Å². The highest BCUT2D eigenvalue weighted by molar-refractivity contribution is 7.90. The summed E-state index contributed by atoms with van der Waals surface area (Å²) in [6.07, 6.45) is 1.37. The molecule has 1 aliphatic rings. The third kappa shape index (κ3) is 3.93. The topological polar surface area (TPSA) is 79.6 Å². The Morgan fingerprint density at radius 1 is 1.16 bits per heavy atom. The van der Waals surface area contributed by atoms with Gasteiger partial charge in [0, 0.05) is 30.7 Å². The normalized spacial score (nSPS) is 21.3. The highest BCUT2D eigenvalue weighted by atomic mass is 32.2. The number of benzene rings is 1. The van der Waals surface area contributed by atoms with Crippen molar-refractivity contribution in [2.24, 2.45) is 0 Å². The molecule has 1 aromatic carbocycles. The van der Waals surface area contributed by atoms with E-state index in [1.165, 1.54) is 6.26 Å². The third-order valence-electron chi connectivity index (χ3n) is 4.23. The molecule has 0 radical (unpaired) electrons. The minimum Gasteiger partial charge on any atom is -0.459 e. The number of nitrogens with zero attached hydrogens (tertiary/aromatic N) is 1. The minimum absolute atomic E-state index is 0.112. The average Bonchev–Trinajstić information content (AvgIpc) is 3.01. The smallest absolute Gasteiger partial charge is 0.289 e. The number of rotatable bonds is 4. The Balaban J connectivity index is 1.82. The number of sulfone groups is 1. The molecule has 6 nitrogen and oxygen atoms in total. The monoisotopic (exact) mass is 362 g/mol. The summed E-state index contributed by atoms with van der Waals surface area (Å²) in [6, 6.07) is 10.1. The van der Waals surface area contributed by atoms with Crippen molar-refractivity contribution in [1.82, 2.24) is 10.2 Å². The van der Waals surface area contributed by atoms with E-state index in [0.717, 1.165) is 0 Å². The second-order valence-electron chi connectivity index (χ2n) is 6.53. The second kappa shape index (κ2) is 7.01. The van der Waals surface area contributed by atoms with E-state index in [-0.39, 0.29) is 34.4 Å². The molecular formula is C18H22N2O4S. The van der Waals surface area contributed by atoms with Crippen molar-refractivity contribution >= 4 is 15.7 Å². The second-order valence-corrected chi connectivity index (χ2v) is 8.52. The molecule has 0 aliphatic carbocycles. The number of amides is 1. The van der Waals surface area contributed by atoms with Crippen LogP contribution in [0, 0.1) is 0 Å². The average molecular weight is 362 g/mol. The molecule has 1 amide bonds. The molecule has 2 heterocycles. The van der Waals surface area contributed by atoms with Gasteiger partial charge in [-0.3, -0.25) is 4.79 Å². The fraction of sp³-hybridized carbons (Fsp3) is 0.389. The van der Waals surface area contributed by atoms with Crippen molar-refractivity contribution in [3.63, 3.8) is 0 Å². The van der Waals surface area contributed by atoms with Crippen LogP contribution >= 0.6 is 0 Å². The molecule has 2 atom stereocenters. The summed E-state index contributed by atoms with van der Waals surface area (Å²) >= 11 is 0. The van der Waals surface area contributed by atoms with Crippen molar-refractivity contribution in [2.75, 3.05) is 13.1 Å². The summed E-state index contributed by atoms with van der Waals surface area (Å²) in [4.78, 5) is 14.8. The molecule has 0 unspecified atom stereocenters. The van der Waals surface area contributed by atoms with E-state index in [1.807, 2.05) is 13.8 Å². The van der Waals surface area contributed by atoms with E-state index < -0.39 is 9.84 Å². The van der Waals surface area contributed by atoms with Crippen LogP contribution in [0.3, 0.4) is 0 Å². The first-order valence-electron chi connectivity index (χ1n) is 8.26. The molecule has 7 heteroatoms. The van der Waals surface area contributed by atoms with Gasteiger partial charge in [-0.25, -0.2) is 8.42 Å². The lowest BCUT2D eigenvalue weighted by molar-refractivity contribution is 0.0640. The van der Waals surface area contributed by atoms with E-state index >= 15 is 0 Å². The number of hydrogen-bond donors (Lipinski definition) is 1. The molecule has 1 N–H and O–H groups in total. The molecule has 1 aliphatic heterocycles. The molecule has 134 valence electrons. The van der Waals surface area contributed by atoms with Gasteiger partial charge in [0.15, 0.2) is 15.6 Å². The van der Waals surface area contributed by atoms with Gasteiger partial charge in [0.25, 0.3) is 5.91 Å². The summed E-state index contributed by atoms with van der Waals surface area (Å²) in [7, 11) is -3.53. The number of carbonyl (C=O) groups excluding carboxylic acids is 1. The van der Waals surface area contributed by atoms with Crippen molar-refractivity contribution in [2.45, 2.75) is 36.6 Å². The fourth-order valence-electron chi connectivity index (χ4n) is 3.19. The quantitative estimate of drug-likeness (QED) is 0.901. The molecule has 3 rings (SSSR count). The van der Waals surface area contributed by atoms with Gasteiger partial charge in [-0.2, -0.15) is 0 Å². The van der Waals surface area contributed by atoms with Crippen LogP contribution in [-0.4, -0.2) is 44.4 Å². The van der Waals surface area contributed by atoms with Crippen LogP contribution in [0.2, 0.25) is 0 Å². The van der Waals surface area contributed by atoms with Gasteiger partial charge in [0.05, 0.1) is 16.9 Å². The SMILES string of the molecule is C[C@@H]1CN(C(=O)c2occc2CS(=O)(=O)c2ccccc2)C[C@@H](C)N1. The van der Waals surface area contributed by atoms with Gasteiger partial charge >= 0.3 is 0 Å². The minimum atomic E-state index is -3.53. The van der Waals surface area contributed by atoms with Crippen LogP contribution in [-0.2, 0) is 15.6 Å². The first-order valence-corrected chi connectivity index (χ1v) is 9.91. The predicted octanol–water partition coefficient (Wildman–Crippen LogP) is 2.08. The maximum absolute atomic E-state index is 12.8. The van der Waals surface area contributed by atoms with Crippen LogP contribution in [0.15, 0.2) is 52.0 Å². The van der Waals surface area contributed by atoms with E-state index in [4.69, 9.17) is 4.42 Å². The first-order chi connectivity index (χ1) is 11.9. The lowest BCUT2D eigenvalue weighted by atomic mass is 10.1. The Bertz CT molecular complexity index is 835. The molecule has 25 heavy (non-hydrogen) atoms. The zero-order valence-electron chi connectivity index (χ0n) is 14.3. The van der Waals surface area contributed by atoms with Crippen molar-refractivity contribution in [3.05, 3.63) is 54.0 Å². The third-order valence-corrected chi connectivity index (χ3v) is 5.92. The summed E-state index contributed by atoms with van der Waals surface area (Å²) in [6.45, 7) is 5.15. The van der Waals surface area contributed by atoms with Crippen molar-refractivity contribution < 1.29 is 17.6 Å². The number of carbonyl (C=O) groups is 1. The number of hydrogen-bond acceptors (Lipinski definition) is 5. The van der Waals surface area contributed by atoms with Gasteiger partial charge in [0.1, 0.15) is 0 Å². The molecule has 1 saturated heterocycles. The first kappa shape index (κ1) is 17.7. The largest absolute Gasteiger partial charge is 0.459 e. The zero-order valence-corrected chi connectivity index (χ0v) is 15.1. The van der Waals surface area contributed by atoms with Gasteiger partial charge in [-0.1, -0.05) is 18.2 Å². The Kier molecular flexibility index (Phi) is 4.96. The number of furan rings is 1. The molecule has 0 spiro atoms. The maximum Gasteiger partial charge on any atom is 0.289 e. The van der Waals surface area contributed by atoms with Gasteiger partial charge in [-0.15, -0.1) is 0 Å². The van der Waals surface area contributed by atoms with Crippen molar-refractivity contribution in [1.29, 1.82) is 0 Å². The predicted molar refractivity (Wildman–Crippen MR) is 94.0 cm³/mol. The molecule has 0 bridgehead atoms. The summed E-state index contributed by atoms with van der Waals surface area (Å²) < 4.78 is 30.5. The van der Waals surface area contributed by atoms with Crippen LogP contribution in [0.25, 0.3) is 0 Å². The highest BCUT2D eigenvalue weighted by Gasteiger charge is 2.30. The standard InChI is InChI=1S/C18H22N2O4S/c1-13-10-20(11-14(2)19-13)18(21)17-15(8-9-24-17)12-25(22,23)16-6-4-3-5-7-16/h3-9,13-14,19H,10-12H2,1-2H3/t13-,14-/m1/s1. The van der Waals surface area contributed by atoms with Crippen molar-refractivity contribution in [3.8, 4) is 0 Å². The maximum atomic E-state index is 12.8. The Labute approximate surface area is 147 Å². The highest BCUT2D eigenvalue weighted by Crippen LogP contribution is 2.22. The number of nitrogens with one attached hydrogen (secondary N) is 1. The van der Waals surface area contributed by atoms with E-state index in [9.17, 15) is 13.2 Å². The Morgan fingerprint density at radius 2 is 1.80 bits per heavy atom. The van der Waals surface area contributed by atoms with Crippen LogP contribution in [0.4, 0.5) is 0 Å². The molecule has 1 aromatic heterocycles. The van der Waals surface area contributed by atoms with E-state index in [0.29, 0.717) is 18.7 Å². The molecule has 1 fully saturated rings. The van der Waals surface area contributed by atoms with Gasteiger partial charge in [0.2, 0.25) is 0 Å². The molecule has 2 aromatic rings. The van der Waals surface area contributed by atoms with Gasteiger partial charge in [-0.05, 0) is 32.0 Å². The van der Waals surface area contributed by atoms with Crippen LogP contribution in [0.5, 0.6) is 0 Å². The summed E-state index contributed by atoms with van der Waals surface area (Å²) in [5.74, 6) is -0.407. The fourth-order valence-corrected chi connectivity index (χ4v) is 4.56.